The highest BCUT2D eigenvalue weighted by Crippen LogP contribution is 2.51. The van der Waals surface area contributed by atoms with Crippen molar-refractivity contribution in [1.82, 2.24) is 10.3 Å². The number of nitrogen functional groups attached to an aromatic ring is 1. The summed E-state index contributed by atoms with van der Waals surface area (Å²) in [4.78, 5) is 16.6. The number of ether oxygens (including phenoxy) is 1. The van der Waals surface area contributed by atoms with E-state index in [0.29, 0.717) is 42.0 Å². The molecule has 0 radical (unpaired) electrons. The van der Waals surface area contributed by atoms with Crippen LogP contribution in [0.4, 0.5) is 5.13 Å². The maximum absolute atomic E-state index is 12.4. The van der Waals surface area contributed by atoms with Gasteiger partial charge in [0.15, 0.2) is 5.13 Å². The summed E-state index contributed by atoms with van der Waals surface area (Å²) < 4.78 is 5.95. The van der Waals surface area contributed by atoms with Crippen LogP contribution in [0.15, 0.2) is 5.38 Å². The molecular weight excluding hydrogens is 310 g/mol. The Labute approximate surface area is 141 Å². The van der Waals surface area contributed by atoms with Crippen LogP contribution in [0.3, 0.4) is 0 Å². The average Bonchev–Trinajstić information content (AvgIpc) is 3.25. The van der Waals surface area contributed by atoms with Gasteiger partial charge in [-0.1, -0.05) is 25.7 Å². The number of nitrogens with zero attached hydrogens (tertiary/aromatic N) is 1. The lowest BCUT2D eigenvalue weighted by molar-refractivity contribution is -0.129. The van der Waals surface area contributed by atoms with Crippen LogP contribution in [0.1, 0.15) is 44.2 Å². The Morgan fingerprint density at radius 3 is 2.96 bits per heavy atom. The topological polar surface area (TPSA) is 77.2 Å². The van der Waals surface area contributed by atoms with Crippen molar-refractivity contribution >= 4 is 22.4 Å². The molecule has 3 fully saturated rings. The predicted octanol–water partition coefficient (Wildman–Crippen LogP) is 2.37. The Hall–Kier alpha value is -1.14. The number of amides is 1. The number of aryl methyl sites for hydroxylation is 1. The quantitative estimate of drug-likeness (QED) is 0.866. The standard InChI is InChI=1S/C17H25N3O2S/c18-17-19-11(9-23-17)5-6-13(21)20-15-12-7-8-22-16(12)14(15)10-3-1-2-4-10/h9-10,12,14-16H,1-8H2,(H2,18,19)(H,20,21). The molecule has 0 bridgehead atoms. The maximum atomic E-state index is 12.4. The van der Waals surface area contributed by atoms with Crippen molar-refractivity contribution in [3.05, 3.63) is 11.1 Å². The van der Waals surface area contributed by atoms with Crippen LogP contribution in [0, 0.1) is 17.8 Å². The van der Waals surface area contributed by atoms with E-state index in [0.717, 1.165) is 24.6 Å². The van der Waals surface area contributed by atoms with Gasteiger partial charge in [-0.25, -0.2) is 4.98 Å². The van der Waals surface area contributed by atoms with E-state index in [1.165, 1.54) is 37.0 Å². The number of aromatic nitrogens is 1. The highest BCUT2D eigenvalue weighted by molar-refractivity contribution is 7.13. The molecule has 4 rings (SSSR count). The fraction of sp³-hybridized carbons (Fsp3) is 0.765. The Morgan fingerprint density at radius 1 is 1.39 bits per heavy atom. The first-order valence-corrected chi connectivity index (χ1v) is 9.71. The Bertz CT molecular complexity index is 565. The second-order valence-corrected chi connectivity index (χ2v) is 8.07. The van der Waals surface area contributed by atoms with Crippen LogP contribution in [-0.2, 0) is 16.0 Å². The minimum absolute atomic E-state index is 0.148. The third kappa shape index (κ3) is 2.98. The zero-order valence-electron chi connectivity index (χ0n) is 13.4. The molecule has 1 aromatic rings. The van der Waals surface area contributed by atoms with Gasteiger partial charge in [-0.05, 0) is 18.8 Å². The molecule has 3 aliphatic rings. The largest absolute Gasteiger partial charge is 0.377 e. The number of thiazole rings is 1. The molecule has 2 aliphatic carbocycles. The van der Waals surface area contributed by atoms with Crippen LogP contribution in [0.5, 0.6) is 0 Å². The molecule has 2 saturated carbocycles. The van der Waals surface area contributed by atoms with Crippen LogP contribution in [0.25, 0.3) is 0 Å². The average molecular weight is 335 g/mol. The number of carbonyl (C=O) groups excluding carboxylic acids is 1. The lowest BCUT2D eigenvalue weighted by Gasteiger charge is -2.50. The van der Waals surface area contributed by atoms with Crippen molar-refractivity contribution in [2.75, 3.05) is 12.3 Å². The van der Waals surface area contributed by atoms with Gasteiger partial charge in [0.05, 0.1) is 11.8 Å². The van der Waals surface area contributed by atoms with Crippen molar-refractivity contribution in [2.24, 2.45) is 17.8 Å². The number of carbonyl (C=O) groups is 1. The molecule has 1 amide bonds. The van der Waals surface area contributed by atoms with Gasteiger partial charge in [0.25, 0.3) is 0 Å². The predicted molar refractivity (Wildman–Crippen MR) is 90.1 cm³/mol. The van der Waals surface area contributed by atoms with E-state index in [-0.39, 0.29) is 5.91 Å². The highest BCUT2D eigenvalue weighted by atomic mass is 32.1. The van der Waals surface area contributed by atoms with E-state index < -0.39 is 0 Å². The third-order valence-corrected chi connectivity index (χ3v) is 6.61. The molecule has 0 aromatic carbocycles. The molecule has 23 heavy (non-hydrogen) atoms. The van der Waals surface area contributed by atoms with Gasteiger partial charge in [-0.2, -0.15) is 0 Å². The lowest BCUT2D eigenvalue weighted by Crippen LogP contribution is -2.63. The number of nitrogens with one attached hydrogen (secondary N) is 1. The summed E-state index contributed by atoms with van der Waals surface area (Å²) in [6, 6.07) is 0.332. The summed E-state index contributed by atoms with van der Waals surface area (Å²) in [5.74, 6) is 1.98. The minimum Gasteiger partial charge on any atom is -0.377 e. The number of hydrogen-bond acceptors (Lipinski definition) is 5. The number of hydrogen-bond donors (Lipinski definition) is 2. The summed E-state index contributed by atoms with van der Waals surface area (Å²) in [6.07, 6.45) is 7.96. The Balaban J connectivity index is 1.33. The van der Waals surface area contributed by atoms with Crippen molar-refractivity contribution in [3.63, 3.8) is 0 Å². The molecule has 2 heterocycles. The molecule has 6 heteroatoms. The van der Waals surface area contributed by atoms with E-state index in [1.54, 1.807) is 0 Å². The SMILES string of the molecule is Nc1nc(CCC(=O)NC2C3CCOC3C2C2CCCC2)cs1. The van der Waals surface area contributed by atoms with Gasteiger partial charge in [0.1, 0.15) is 0 Å². The van der Waals surface area contributed by atoms with Gasteiger partial charge >= 0.3 is 0 Å². The molecule has 4 unspecified atom stereocenters. The maximum Gasteiger partial charge on any atom is 0.220 e. The van der Waals surface area contributed by atoms with Crippen molar-refractivity contribution in [1.29, 1.82) is 0 Å². The lowest BCUT2D eigenvalue weighted by atomic mass is 9.61. The van der Waals surface area contributed by atoms with Crippen LogP contribution in [0.2, 0.25) is 0 Å². The molecule has 1 aromatic heterocycles. The monoisotopic (exact) mass is 335 g/mol. The molecule has 1 saturated heterocycles. The van der Waals surface area contributed by atoms with E-state index in [4.69, 9.17) is 10.5 Å². The van der Waals surface area contributed by atoms with Crippen LogP contribution < -0.4 is 11.1 Å². The molecule has 4 atom stereocenters. The number of rotatable bonds is 5. The van der Waals surface area contributed by atoms with Crippen LogP contribution >= 0.6 is 11.3 Å². The second kappa shape index (κ2) is 6.40. The summed E-state index contributed by atoms with van der Waals surface area (Å²) in [6.45, 7) is 0.864. The van der Waals surface area contributed by atoms with Gasteiger partial charge in [0.2, 0.25) is 5.91 Å². The van der Waals surface area contributed by atoms with Gasteiger partial charge in [-0.3, -0.25) is 4.79 Å². The third-order valence-electron chi connectivity index (χ3n) is 5.89. The molecule has 5 nitrogen and oxygen atoms in total. The first-order chi connectivity index (χ1) is 11.2. The molecule has 0 spiro atoms. The van der Waals surface area contributed by atoms with Gasteiger partial charge in [0, 0.05) is 36.3 Å². The van der Waals surface area contributed by atoms with E-state index >= 15 is 0 Å². The zero-order chi connectivity index (χ0) is 15.8. The van der Waals surface area contributed by atoms with E-state index in [9.17, 15) is 4.79 Å². The highest BCUT2D eigenvalue weighted by Gasteiger charge is 2.56. The summed E-state index contributed by atoms with van der Waals surface area (Å²) >= 11 is 1.43. The number of nitrogens with two attached hydrogens (primary N) is 1. The van der Waals surface area contributed by atoms with Gasteiger partial charge in [-0.15, -0.1) is 11.3 Å². The summed E-state index contributed by atoms with van der Waals surface area (Å²) in [5, 5.41) is 5.83. The minimum atomic E-state index is 0.148. The first kappa shape index (κ1) is 15.4. The second-order valence-electron chi connectivity index (χ2n) is 7.18. The molecule has 1 aliphatic heterocycles. The summed E-state index contributed by atoms with van der Waals surface area (Å²) in [5.41, 5.74) is 6.56. The van der Waals surface area contributed by atoms with Gasteiger partial charge < -0.3 is 15.8 Å². The Kier molecular flexibility index (Phi) is 4.28. The van der Waals surface area contributed by atoms with Crippen molar-refractivity contribution in [2.45, 2.75) is 57.1 Å². The molecule has 126 valence electrons. The van der Waals surface area contributed by atoms with Crippen molar-refractivity contribution in [3.8, 4) is 0 Å². The molecular formula is C17H25N3O2S. The van der Waals surface area contributed by atoms with E-state index in [1.807, 2.05) is 5.38 Å². The van der Waals surface area contributed by atoms with Crippen LogP contribution in [-0.4, -0.2) is 29.6 Å². The number of anilines is 1. The first-order valence-electron chi connectivity index (χ1n) is 8.83. The van der Waals surface area contributed by atoms with E-state index in [2.05, 4.69) is 10.3 Å². The van der Waals surface area contributed by atoms with Crippen molar-refractivity contribution < 1.29 is 9.53 Å². The summed E-state index contributed by atoms with van der Waals surface area (Å²) in [7, 11) is 0. The zero-order valence-corrected chi connectivity index (χ0v) is 14.2. The molecule has 3 N–H and O–H groups in total. The normalized spacial score (nSPS) is 33.4. The smallest absolute Gasteiger partial charge is 0.220 e. The fourth-order valence-corrected chi connectivity index (χ4v) is 5.39. The Morgan fingerprint density at radius 2 is 2.22 bits per heavy atom. The number of fused-ring (bicyclic) bond motifs is 1. The fourth-order valence-electron chi connectivity index (χ4n) is 4.80.